The maximum Gasteiger partial charge on any atom is 0.239 e. The van der Waals surface area contributed by atoms with Crippen LogP contribution < -0.4 is 4.90 Å². The Morgan fingerprint density at radius 3 is 2.52 bits per heavy atom. The van der Waals surface area contributed by atoms with Crippen molar-refractivity contribution in [1.29, 1.82) is 0 Å². The van der Waals surface area contributed by atoms with Gasteiger partial charge in [0.1, 0.15) is 5.76 Å². The number of hydrogen-bond acceptors (Lipinski definition) is 4. The highest BCUT2D eigenvalue weighted by atomic mass is 16.5. The molecular formula is C18H18N2O3. The zero-order valence-electron chi connectivity index (χ0n) is 12.9. The zero-order valence-corrected chi connectivity index (χ0v) is 12.9. The first-order valence-electron chi connectivity index (χ1n) is 8.01. The molecule has 1 aromatic heterocycles. The van der Waals surface area contributed by atoms with Crippen LogP contribution in [0.2, 0.25) is 0 Å². The second-order valence-corrected chi connectivity index (χ2v) is 6.44. The fourth-order valence-corrected chi connectivity index (χ4v) is 3.89. The lowest BCUT2D eigenvalue weighted by Gasteiger charge is -2.28. The van der Waals surface area contributed by atoms with Crippen molar-refractivity contribution in [2.75, 3.05) is 4.90 Å². The number of anilines is 1. The third-order valence-electron chi connectivity index (χ3n) is 5.04. The van der Waals surface area contributed by atoms with Crippen molar-refractivity contribution >= 4 is 17.6 Å². The van der Waals surface area contributed by atoms with Gasteiger partial charge >= 0.3 is 0 Å². The molecule has 1 aliphatic carbocycles. The molecule has 0 radical (unpaired) electrons. The summed E-state index contributed by atoms with van der Waals surface area (Å²) in [7, 11) is 0. The minimum atomic E-state index is -0.238. The van der Waals surface area contributed by atoms with Crippen molar-refractivity contribution in [3.05, 3.63) is 47.7 Å². The van der Waals surface area contributed by atoms with Crippen LogP contribution in [0.5, 0.6) is 0 Å². The van der Waals surface area contributed by atoms with Crippen LogP contribution in [0.15, 0.2) is 40.9 Å². The molecule has 2 amide bonds. The normalized spacial score (nSPS) is 27.3. The zero-order chi connectivity index (χ0) is 16.0. The number of nitrogens with zero attached hydrogens (tertiary/aromatic N) is 2. The highest BCUT2D eigenvalue weighted by Crippen LogP contribution is 2.45. The first-order valence-corrected chi connectivity index (χ1v) is 8.01. The molecular weight excluding hydrogens is 292 g/mol. The Morgan fingerprint density at radius 1 is 1.09 bits per heavy atom. The van der Waals surface area contributed by atoms with Crippen LogP contribution >= 0.6 is 0 Å². The predicted octanol–water partition coefficient (Wildman–Crippen LogP) is 3.06. The van der Waals surface area contributed by atoms with Crippen molar-refractivity contribution in [3.63, 3.8) is 0 Å². The molecule has 5 heteroatoms. The summed E-state index contributed by atoms with van der Waals surface area (Å²) in [4.78, 5) is 26.6. The predicted molar refractivity (Wildman–Crippen MR) is 83.7 cm³/mol. The molecule has 0 spiro atoms. The monoisotopic (exact) mass is 310 g/mol. The second-order valence-electron chi connectivity index (χ2n) is 6.44. The van der Waals surface area contributed by atoms with Crippen LogP contribution in [0.1, 0.15) is 36.5 Å². The SMILES string of the molecule is Cc1cc(N2C(=O)[C@@H]3CC[C@@H](c4ccccc4)C[C@H]3C2=O)no1. The summed E-state index contributed by atoms with van der Waals surface area (Å²) in [5.74, 6) is 0.556. The topological polar surface area (TPSA) is 63.4 Å². The van der Waals surface area contributed by atoms with Gasteiger partial charge < -0.3 is 4.52 Å². The number of amides is 2. The third kappa shape index (κ3) is 2.27. The highest BCUT2D eigenvalue weighted by molar-refractivity contribution is 6.21. The summed E-state index contributed by atoms with van der Waals surface area (Å²) in [6, 6.07) is 11.9. The van der Waals surface area contributed by atoms with E-state index in [0.29, 0.717) is 17.5 Å². The Morgan fingerprint density at radius 2 is 1.83 bits per heavy atom. The molecule has 23 heavy (non-hydrogen) atoms. The molecule has 0 N–H and O–H groups in total. The minimum absolute atomic E-state index is 0.125. The molecule has 1 saturated heterocycles. The Bertz CT molecular complexity index is 753. The molecule has 5 nitrogen and oxygen atoms in total. The number of carbonyl (C=O) groups is 2. The molecule has 1 saturated carbocycles. The summed E-state index contributed by atoms with van der Waals surface area (Å²) in [6.07, 6.45) is 2.42. The molecule has 1 aliphatic heterocycles. The van der Waals surface area contributed by atoms with Gasteiger partial charge in [-0.3, -0.25) is 9.59 Å². The van der Waals surface area contributed by atoms with Crippen molar-refractivity contribution in [3.8, 4) is 0 Å². The Labute approximate surface area is 134 Å². The lowest BCUT2D eigenvalue weighted by atomic mass is 9.73. The Hall–Kier alpha value is -2.43. The quantitative estimate of drug-likeness (QED) is 0.800. The Balaban J connectivity index is 1.60. The van der Waals surface area contributed by atoms with Gasteiger partial charge in [-0.05, 0) is 37.7 Å². The summed E-state index contributed by atoms with van der Waals surface area (Å²) in [6.45, 7) is 1.75. The van der Waals surface area contributed by atoms with Gasteiger partial charge in [-0.25, -0.2) is 4.90 Å². The van der Waals surface area contributed by atoms with Crippen LogP contribution in [-0.4, -0.2) is 17.0 Å². The fraction of sp³-hybridized carbons (Fsp3) is 0.389. The third-order valence-corrected chi connectivity index (χ3v) is 5.04. The Kier molecular flexibility index (Phi) is 3.29. The standard InChI is InChI=1S/C18H18N2O3/c1-11-9-16(19-23-11)20-17(21)14-8-7-13(10-15(14)18(20)22)12-5-3-2-4-6-12/h2-6,9,13-15H,7-8,10H2,1H3/t13-,14-,15-/m1/s1. The smallest absolute Gasteiger partial charge is 0.239 e. The van der Waals surface area contributed by atoms with E-state index in [1.54, 1.807) is 13.0 Å². The second kappa shape index (κ2) is 5.33. The van der Waals surface area contributed by atoms with Gasteiger partial charge in [-0.15, -0.1) is 0 Å². The van der Waals surface area contributed by atoms with Crippen molar-refractivity contribution in [1.82, 2.24) is 5.16 Å². The lowest BCUT2D eigenvalue weighted by Crippen LogP contribution is -2.31. The van der Waals surface area contributed by atoms with E-state index in [-0.39, 0.29) is 23.7 Å². The van der Waals surface area contributed by atoms with E-state index < -0.39 is 0 Å². The molecule has 118 valence electrons. The number of carbonyl (C=O) groups excluding carboxylic acids is 2. The van der Waals surface area contributed by atoms with Crippen LogP contribution in [0.25, 0.3) is 0 Å². The van der Waals surface area contributed by atoms with Gasteiger partial charge in [0.15, 0.2) is 5.82 Å². The van der Waals surface area contributed by atoms with Crippen LogP contribution in [-0.2, 0) is 9.59 Å². The first kappa shape index (κ1) is 14.2. The van der Waals surface area contributed by atoms with E-state index in [1.807, 2.05) is 18.2 Å². The summed E-state index contributed by atoms with van der Waals surface area (Å²) in [5, 5.41) is 3.84. The maximum atomic E-state index is 12.8. The van der Waals surface area contributed by atoms with Gasteiger partial charge in [0.2, 0.25) is 11.8 Å². The summed E-state index contributed by atoms with van der Waals surface area (Å²) < 4.78 is 5.02. The summed E-state index contributed by atoms with van der Waals surface area (Å²) in [5.41, 5.74) is 1.25. The van der Waals surface area contributed by atoms with Gasteiger partial charge in [0, 0.05) is 6.07 Å². The van der Waals surface area contributed by atoms with Crippen LogP contribution in [0.3, 0.4) is 0 Å². The molecule has 2 aromatic rings. The van der Waals surface area contributed by atoms with Crippen LogP contribution in [0, 0.1) is 18.8 Å². The van der Waals surface area contributed by atoms with E-state index in [2.05, 4.69) is 17.3 Å². The molecule has 0 unspecified atom stereocenters. The van der Waals surface area contributed by atoms with E-state index >= 15 is 0 Å². The average Bonchev–Trinajstić information content (AvgIpc) is 3.10. The number of aryl methyl sites for hydroxylation is 1. The molecule has 4 rings (SSSR count). The van der Waals surface area contributed by atoms with Gasteiger partial charge in [0.25, 0.3) is 0 Å². The largest absolute Gasteiger partial charge is 0.360 e. The van der Waals surface area contributed by atoms with E-state index in [0.717, 1.165) is 19.3 Å². The number of aromatic nitrogens is 1. The van der Waals surface area contributed by atoms with Crippen molar-refractivity contribution in [2.24, 2.45) is 11.8 Å². The average molecular weight is 310 g/mol. The first-order chi connectivity index (χ1) is 11.1. The minimum Gasteiger partial charge on any atom is -0.360 e. The lowest BCUT2D eigenvalue weighted by molar-refractivity contribution is -0.122. The van der Waals surface area contributed by atoms with Crippen molar-refractivity contribution in [2.45, 2.75) is 32.1 Å². The van der Waals surface area contributed by atoms with Gasteiger partial charge in [-0.2, -0.15) is 0 Å². The number of benzene rings is 1. The molecule has 2 fully saturated rings. The highest BCUT2D eigenvalue weighted by Gasteiger charge is 2.51. The summed E-state index contributed by atoms with van der Waals surface area (Å²) >= 11 is 0. The number of rotatable bonds is 2. The molecule has 1 aromatic carbocycles. The van der Waals surface area contributed by atoms with E-state index in [1.165, 1.54) is 10.5 Å². The van der Waals surface area contributed by atoms with Crippen molar-refractivity contribution < 1.29 is 14.1 Å². The number of fused-ring (bicyclic) bond motifs is 1. The van der Waals surface area contributed by atoms with E-state index in [4.69, 9.17) is 4.52 Å². The molecule has 3 atom stereocenters. The number of hydrogen-bond donors (Lipinski definition) is 0. The van der Waals surface area contributed by atoms with E-state index in [9.17, 15) is 9.59 Å². The number of imide groups is 1. The van der Waals surface area contributed by atoms with Gasteiger partial charge in [0.05, 0.1) is 11.8 Å². The molecule has 2 heterocycles. The molecule has 0 bridgehead atoms. The van der Waals surface area contributed by atoms with Crippen LogP contribution in [0.4, 0.5) is 5.82 Å². The molecule has 2 aliphatic rings. The van der Waals surface area contributed by atoms with Gasteiger partial charge in [-0.1, -0.05) is 35.5 Å². The maximum absolute atomic E-state index is 12.8. The fourth-order valence-electron chi connectivity index (χ4n) is 3.89.